The minimum Gasteiger partial charge on any atom is -0.379 e. The van der Waals surface area contributed by atoms with Crippen LogP contribution in [0.15, 0.2) is 4.99 Å². The minimum atomic E-state index is 0.180. The van der Waals surface area contributed by atoms with Gasteiger partial charge in [0.15, 0.2) is 5.96 Å². The molecule has 7 nitrogen and oxygen atoms in total. The number of nitrogens with one attached hydrogen (secondary N) is 3. The molecule has 1 heterocycles. The molecule has 0 aromatic rings. The maximum atomic E-state index is 12.0. The molecule has 0 aromatic heterocycles. The van der Waals surface area contributed by atoms with Gasteiger partial charge in [0, 0.05) is 45.8 Å². The van der Waals surface area contributed by atoms with Crippen molar-refractivity contribution in [3.05, 3.63) is 0 Å². The molecule has 28 heavy (non-hydrogen) atoms. The van der Waals surface area contributed by atoms with E-state index < -0.39 is 0 Å². The van der Waals surface area contributed by atoms with Gasteiger partial charge in [0.05, 0.1) is 12.7 Å². The largest absolute Gasteiger partial charge is 0.379 e. The highest BCUT2D eigenvalue weighted by Crippen LogP contribution is 2.25. The summed E-state index contributed by atoms with van der Waals surface area (Å²) in [7, 11) is 0. The highest BCUT2D eigenvalue weighted by Gasteiger charge is 2.16. The average Bonchev–Trinajstić information content (AvgIpc) is 3.22. The lowest BCUT2D eigenvalue weighted by Gasteiger charge is -2.20. The second-order valence-electron chi connectivity index (χ2n) is 7.81. The van der Waals surface area contributed by atoms with Gasteiger partial charge < -0.3 is 25.4 Å². The van der Waals surface area contributed by atoms with E-state index in [1.54, 1.807) is 0 Å². The van der Waals surface area contributed by atoms with Crippen LogP contribution >= 0.6 is 0 Å². The van der Waals surface area contributed by atoms with Crippen LogP contribution in [0.4, 0.5) is 0 Å². The molecule has 162 valence electrons. The molecule has 3 N–H and O–H groups in total. The fraction of sp³-hybridized carbons (Fsp3) is 0.905. The minimum absolute atomic E-state index is 0.180. The quantitative estimate of drug-likeness (QED) is 0.268. The summed E-state index contributed by atoms with van der Waals surface area (Å²) >= 11 is 0. The highest BCUT2D eigenvalue weighted by molar-refractivity contribution is 5.80. The van der Waals surface area contributed by atoms with Gasteiger partial charge in [0.2, 0.25) is 5.91 Å². The molecule has 0 spiro atoms. The maximum absolute atomic E-state index is 12.0. The summed E-state index contributed by atoms with van der Waals surface area (Å²) < 4.78 is 11.2. The smallest absolute Gasteiger partial charge is 0.220 e. The lowest BCUT2D eigenvalue weighted by molar-refractivity contribution is -0.122. The molecule has 1 aliphatic heterocycles. The molecule has 0 radical (unpaired) electrons. The lowest BCUT2D eigenvalue weighted by Crippen LogP contribution is -2.41. The molecule has 1 saturated carbocycles. The van der Waals surface area contributed by atoms with E-state index >= 15 is 0 Å². The number of nitrogens with zero attached hydrogens (tertiary/aromatic N) is 1. The number of aliphatic imine (C=N–C) groups is 1. The second-order valence-corrected chi connectivity index (χ2v) is 7.81. The standard InChI is InChI=1S/C21H40N4O3/c1-2-22-21(24-11-7-14-27-17-19-10-6-15-28-19)25-13-12-23-20(26)16-18-8-4-3-5-9-18/h18-19H,2-17H2,1H3,(H,23,26)(H2,22,24,25). The Morgan fingerprint density at radius 3 is 2.64 bits per heavy atom. The van der Waals surface area contributed by atoms with Gasteiger partial charge in [0.1, 0.15) is 0 Å². The van der Waals surface area contributed by atoms with Crippen molar-refractivity contribution in [1.82, 2.24) is 16.0 Å². The third-order valence-electron chi connectivity index (χ3n) is 5.33. The number of hydrogen-bond acceptors (Lipinski definition) is 4. The van der Waals surface area contributed by atoms with Crippen LogP contribution in [-0.4, -0.2) is 64.0 Å². The Morgan fingerprint density at radius 1 is 1.07 bits per heavy atom. The first kappa shape index (κ1) is 22.9. The van der Waals surface area contributed by atoms with Crippen LogP contribution in [0.3, 0.4) is 0 Å². The van der Waals surface area contributed by atoms with Crippen LogP contribution in [0, 0.1) is 5.92 Å². The van der Waals surface area contributed by atoms with E-state index in [1.165, 1.54) is 32.1 Å². The third-order valence-corrected chi connectivity index (χ3v) is 5.33. The normalized spacial score (nSPS) is 20.9. The third kappa shape index (κ3) is 10.3. The van der Waals surface area contributed by atoms with Crippen molar-refractivity contribution in [2.75, 3.05) is 46.0 Å². The summed E-state index contributed by atoms with van der Waals surface area (Å²) in [4.78, 5) is 16.6. The average molecular weight is 397 g/mol. The van der Waals surface area contributed by atoms with Gasteiger partial charge in [-0.3, -0.25) is 9.79 Å². The van der Waals surface area contributed by atoms with Gasteiger partial charge in [-0.05, 0) is 44.9 Å². The van der Waals surface area contributed by atoms with Crippen molar-refractivity contribution >= 4 is 11.9 Å². The Balaban J connectivity index is 1.50. The number of rotatable bonds is 12. The van der Waals surface area contributed by atoms with Crippen molar-refractivity contribution in [1.29, 1.82) is 0 Å². The molecule has 1 aliphatic carbocycles. The molecular formula is C21H40N4O3. The zero-order valence-corrected chi connectivity index (χ0v) is 17.6. The Morgan fingerprint density at radius 2 is 1.89 bits per heavy atom. The van der Waals surface area contributed by atoms with Crippen molar-refractivity contribution in [3.63, 3.8) is 0 Å². The van der Waals surface area contributed by atoms with Gasteiger partial charge >= 0.3 is 0 Å². The molecule has 1 unspecified atom stereocenters. The van der Waals surface area contributed by atoms with Crippen LogP contribution in [0.2, 0.25) is 0 Å². The lowest BCUT2D eigenvalue weighted by atomic mass is 9.87. The Bertz CT molecular complexity index is 447. The molecule has 2 rings (SSSR count). The first-order chi connectivity index (χ1) is 13.8. The van der Waals surface area contributed by atoms with Gasteiger partial charge in [-0.25, -0.2) is 0 Å². The zero-order valence-electron chi connectivity index (χ0n) is 17.6. The van der Waals surface area contributed by atoms with E-state index in [4.69, 9.17) is 9.47 Å². The summed E-state index contributed by atoms with van der Waals surface area (Å²) in [6, 6.07) is 0. The predicted molar refractivity (Wildman–Crippen MR) is 113 cm³/mol. The summed E-state index contributed by atoms with van der Waals surface area (Å²) in [6.45, 7) is 7.16. The molecule has 0 bridgehead atoms. The number of ether oxygens (including phenoxy) is 2. The van der Waals surface area contributed by atoms with Gasteiger partial charge in [-0.2, -0.15) is 0 Å². The van der Waals surface area contributed by atoms with E-state index in [1.807, 2.05) is 6.92 Å². The van der Waals surface area contributed by atoms with E-state index in [0.717, 1.165) is 44.9 Å². The Labute approximate surface area is 170 Å². The predicted octanol–water partition coefficient (Wildman–Crippen LogP) is 2.21. The molecule has 1 saturated heterocycles. The first-order valence-corrected chi connectivity index (χ1v) is 11.3. The van der Waals surface area contributed by atoms with Gasteiger partial charge in [-0.1, -0.05) is 19.3 Å². The number of hydrogen-bond donors (Lipinski definition) is 3. The van der Waals surface area contributed by atoms with Crippen molar-refractivity contribution in [2.24, 2.45) is 10.9 Å². The maximum Gasteiger partial charge on any atom is 0.220 e. The van der Waals surface area contributed by atoms with Crippen LogP contribution < -0.4 is 16.0 Å². The SMILES string of the molecule is CCNC(=NCCCOCC1CCCO1)NCCNC(=O)CC1CCCCC1. The van der Waals surface area contributed by atoms with Crippen LogP contribution in [0.1, 0.15) is 64.7 Å². The first-order valence-electron chi connectivity index (χ1n) is 11.3. The van der Waals surface area contributed by atoms with Gasteiger partial charge in [-0.15, -0.1) is 0 Å². The zero-order chi connectivity index (χ0) is 19.9. The molecule has 1 amide bonds. The summed E-state index contributed by atoms with van der Waals surface area (Å²) in [5.41, 5.74) is 0. The van der Waals surface area contributed by atoms with Crippen molar-refractivity contribution < 1.29 is 14.3 Å². The Kier molecular flexibility index (Phi) is 12.0. The monoisotopic (exact) mass is 396 g/mol. The molecular weight excluding hydrogens is 356 g/mol. The van der Waals surface area contributed by atoms with E-state index in [-0.39, 0.29) is 12.0 Å². The number of amides is 1. The second kappa shape index (κ2) is 14.6. The molecule has 0 aromatic carbocycles. The molecule has 1 atom stereocenters. The molecule has 2 fully saturated rings. The van der Waals surface area contributed by atoms with Crippen LogP contribution in [0.5, 0.6) is 0 Å². The van der Waals surface area contributed by atoms with Crippen molar-refractivity contribution in [2.45, 2.75) is 70.8 Å². The van der Waals surface area contributed by atoms with Crippen LogP contribution in [-0.2, 0) is 14.3 Å². The molecule has 7 heteroatoms. The van der Waals surface area contributed by atoms with Crippen molar-refractivity contribution in [3.8, 4) is 0 Å². The topological polar surface area (TPSA) is 84.0 Å². The molecule has 2 aliphatic rings. The van der Waals surface area contributed by atoms with E-state index in [2.05, 4.69) is 20.9 Å². The number of guanidine groups is 1. The number of carbonyl (C=O) groups is 1. The fourth-order valence-electron chi connectivity index (χ4n) is 3.80. The summed E-state index contributed by atoms with van der Waals surface area (Å²) in [5, 5.41) is 9.54. The van der Waals surface area contributed by atoms with E-state index in [9.17, 15) is 4.79 Å². The van der Waals surface area contributed by atoms with Gasteiger partial charge in [0.25, 0.3) is 0 Å². The van der Waals surface area contributed by atoms with Crippen LogP contribution in [0.25, 0.3) is 0 Å². The number of carbonyl (C=O) groups excluding carboxylic acids is 1. The summed E-state index contributed by atoms with van der Waals surface area (Å²) in [6.07, 6.45) is 10.4. The highest BCUT2D eigenvalue weighted by atomic mass is 16.5. The fourth-order valence-corrected chi connectivity index (χ4v) is 3.80. The Hall–Kier alpha value is -1.34. The summed E-state index contributed by atoms with van der Waals surface area (Å²) in [5.74, 6) is 1.56. The van der Waals surface area contributed by atoms with E-state index in [0.29, 0.717) is 38.6 Å².